The van der Waals surface area contributed by atoms with Crippen molar-refractivity contribution in [2.24, 2.45) is 0 Å². The van der Waals surface area contributed by atoms with Gasteiger partial charge in [-0.2, -0.15) is 5.26 Å². The Morgan fingerprint density at radius 2 is 2.12 bits per heavy atom. The van der Waals surface area contributed by atoms with E-state index in [-0.39, 0.29) is 22.8 Å². The van der Waals surface area contributed by atoms with Gasteiger partial charge in [0.25, 0.3) is 5.91 Å². The van der Waals surface area contributed by atoms with Crippen LogP contribution < -0.4 is 4.90 Å². The molecular formula is C23H23ClN6O3S. The van der Waals surface area contributed by atoms with E-state index >= 15 is 0 Å². The van der Waals surface area contributed by atoms with Crippen LogP contribution >= 0.6 is 23.8 Å². The Morgan fingerprint density at radius 1 is 1.35 bits per heavy atom. The molecule has 1 unspecified atom stereocenters. The van der Waals surface area contributed by atoms with Gasteiger partial charge >= 0.3 is 0 Å². The minimum atomic E-state index is -0.710. The molecule has 1 amide bonds. The molecule has 176 valence electrons. The molecule has 3 aliphatic rings. The normalized spacial score (nSPS) is 20.9. The summed E-state index contributed by atoms with van der Waals surface area (Å²) in [4.78, 5) is 29.0. The second kappa shape index (κ2) is 9.06. The molecule has 0 bridgehead atoms. The number of carbonyl (C=O) groups is 2. The number of halogens is 1. The Balaban J connectivity index is 1.33. The van der Waals surface area contributed by atoms with E-state index in [2.05, 4.69) is 10.3 Å². The van der Waals surface area contributed by atoms with E-state index in [0.717, 1.165) is 12.8 Å². The third-order valence-corrected chi connectivity index (χ3v) is 7.43. The van der Waals surface area contributed by atoms with E-state index in [1.807, 2.05) is 17.2 Å². The fourth-order valence-corrected chi connectivity index (χ4v) is 5.48. The second-order valence-corrected chi connectivity index (χ2v) is 9.66. The maximum Gasteiger partial charge on any atom is 0.259 e. The van der Waals surface area contributed by atoms with Crippen LogP contribution in [0, 0.1) is 11.3 Å². The van der Waals surface area contributed by atoms with E-state index in [1.165, 1.54) is 4.90 Å². The van der Waals surface area contributed by atoms with Crippen LogP contribution in [-0.4, -0.2) is 54.9 Å². The van der Waals surface area contributed by atoms with Crippen LogP contribution in [0.3, 0.4) is 0 Å². The van der Waals surface area contributed by atoms with Gasteiger partial charge < -0.3 is 9.64 Å². The third kappa shape index (κ3) is 4.08. The minimum absolute atomic E-state index is 0.0658. The van der Waals surface area contributed by atoms with Crippen molar-refractivity contribution in [3.63, 3.8) is 0 Å². The summed E-state index contributed by atoms with van der Waals surface area (Å²) < 4.78 is 6.74. The summed E-state index contributed by atoms with van der Waals surface area (Å²) in [6, 6.07) is 6.95. The van der Waals surface area contributed by atoms with Gasteiger partial charge in [0, 0.05) is 13.0 Å². The van der Waals surface area contributed by atoms with Crippen LogP contribution in [0.15, 0.2) is 24.4 Å². The standard InChI is InChI=1S/C23H23ClN6O3S/c24-18-10-17(6-5-15(18)11-25)30-21(32)23(7-1-2-8-23)29(22(30)34)13-16-12-28(27-26-16)9-3-4-19(31)20-14-33-20/h5-6,10,12,20H,1-4,7-9,13-14H2. The largest absolute Gasteiger partial charge is 0.365 e. The summed E-state index contributed by atoms with van der Waals surface area (Å²) in [6.45, 7) is 1.48. The van der Waals surface area contributed by atoms with E-state index < -0.39 is 5.54 Å². The molecule has 9 nitrogen and oxygen atoms in total. The smallest absolute Gasteiger partial charge is 0.259 e. The molecule has 1 aromatic carbocycles. The van der Waals surface area contributed by atoms with E-state index in [1.54, 1.807) is 22.9 Å². The molecule has 2 aliphatic heterocycles. The quantitative estimate of drug-likeness (QED) is 0.403. The highest BCUT2D eigenvalue weighted by molar-refractivity contribution is 7.80. The molecule has 1 spiro atoms. The van der Waals surface area contributed by atoms with Crippen LogP contribution in [0.5, 0.6) is 0 Å². The molecule has 11 heteroatoms. The van der Waals surface area contributed by atoms with Crippen molar-refractivity contribution >= 4 is 46.3 Å². The van der Waals surface area contributed by atoms with Gasteiger partial charge in [-0.25, -0.2) is 0 Å². The highest BCUT2D eigenvalue weighted by Gasteiger charge is 2.56. The Bertz CT molecular complexity index is 1200. The van der Waals surface area contributed by atoms with Crippen LogP contribution in [0.2, 0.25) is 5.02 Å². The van der Waals surface area contributed by atoms with Crippen molar-refractivity contribution in [3.8, 4) is 6.07 Å². The number of hydrogen-bond acceptors (Lipinski definition) is 7. The number of ether oxygens (including phenoxy) is 1. The lowest BCUT2D eigenvalue weighted by Crippen LogP contribution is -2.47. The monoisotopic (exact) mass is 498 g/mol. The van der Waals surface area contributed by atoms with Crippen LogP contribution in [0.1, 0.15) is 49.8 Å². The molecule has 3 fully saturated rings. The summed E-state index contributed by atoms with van der Waals surface area (Å²) >= 11 is 12.0. The molecule has 5 rings (SSSR count). The first-order valence-electron chi connectivity index (χ1n) is 11.3. The third-order valence-electron chi connectivity index (χ3n) is 6.71. The molecule has 1 aliphatic carbocycles. The molecule has 3 heterocycles. The first kappa shape index (κ1) is 22.9. The predicted molar refractivity (Wildman–Crippen MR) is 127 cm³/mol. The van der Waals surface area contributed by atoms with Crippen LogP contribution in [0.4, 0.5) is 5.69 Å². The lowest BCUT2D eigenvalue weighted by Gasteiger charge is -2.31. The summed E-state index contributed by atoms with van der Waals surface area (Å²) in [5.41, 5.74) is 0.898. The van der Waals surface area contributed by atoms with Crippen molar-refractivity contribution in [3.05, 3.63) is 40.7 Å². The average molecular weight is 499 g/mol. The van der Waals surface area contributed by atoms with Crippen LogP contribution in [-0.2, 0) is 27.4 Å². The molecule has 2 saturated heterocycles. The van der Waals surface area contributed by atoms with E-state index in [9.17, 15) is 14.9 Å². The van der Waals surface area contributed by atoms with Gasteiger partial charge in [-0.05, 0) is 49.7 Å². The molecule has 34 heavy (non-hydrogen) atoms. The first-order valence-corrected chi connectivity index (χ1v) is 12.1. The van der Waals surface area contributed by atoms with Gasteiger partial charge in [0.2, 0.25) is 0 Å². The molecule has 0 radical (unpaired) electrons. The molecule has 0 N–H and O–H groups in total. The minimum Gasteiger partial charge on any atom is -0.365 e. The van der Waals surface area contributed by atoms with Gasteiger partial charge in [-0.3, -0.25) is 19.2 Å². The SMILES string of the molecule is N#Cc1ccc(N2C(=O)C3(CCCC3)N(Cc3cn(CCCC(=O)C4CO4)nn3)C2=S)cc1Cl. The fraction of sp³-hybridized carbons (Fsp3) is 0.478. The van der Waals surface area contributed by atoms with E-state index in [0.29, 0.717) is 67.4 Å². The van der Waals surface area contributed by atoms with Crippen LogP contribution in [0.25, 0.3) is 0 Å². The first-order chi connectivity index (χ1) is 16.4. The van der Waals surface area contributed by atoms with Crippen molar-refractivity contribution in [1.29, 1.82) is 5.26 Å². The highest BCUT2D eigenvalue weighted by atomic mass is 35.5. The summed E-state index contributed by atoms with van der Waals surface area (Å²) in [5.74, 6) is 0.0661. The zero-order chi connectivity index (χ0) is 23.9. The number of aryl methyl sites for hydroxylation is 1. The Morgan fingerprint density at radius 3 is 2.79 bits per heavy atom. The van der Waals surface area contributed by atoms with Gasteiger partial charge in [0.15, 0.2) is 10.9 Å². The molecule has 1 atom stereocenters. The summed E-state index contributed by atoms with van der Waals surface area (Å²) in [6.07, 6.45) is 6.06. The second-order valence-electron chi connectivity index (χ2n) is 8.89. The average Bonchev–Trinajstić information content (AvgIpc) is 3.32. The zero-order valence-electron chi connectivity index (χ0n) is 18.4. The Labute approximate surface area is 207 Å². The fourth-order valence-electron chi connectivity index (χ4n) is 4.83. The van der Waals surface area contributed by atoms with Gasteiger partial charge in [0.05, 0.1) is 35.6 Å². The van der Waals surface area contributed by atoms with Gasteiger partial charge in [-0.15, -0.1) is 5.10 Å². The lowest BCUT2D eigenvalue weighted by molar-refractivity contribution is -0.124. The number of carbonyl (C=O) groups excluding carboxylic acids is 2. The van der Waals surface area contributed by atoms with Crippen molar-refractivity contribution < 1.29 is 14.3 Å². The predicted octanol–water partition coefficient (Wildman–Crippen LogP) is 3.00. The number of ketones is 1. The molecule has 2 aromatic rings. The lowest BCUT2D eigenvalue weighted by atomic mass is 9.95. The number of nitrogens with zero attached hydrogens (tertiary/aromatic N) is 6. The number of amides is 1. The number of Topliss-reactive ketones (excluding diaryl/α,β-unsaturated/α-hetero) is 1. The van der Waals surface area contributed by atoms with E-state index in [4.69, 9.17) is 28.6 Å². The number of hydrogen-bond donors (Lipinski definition) is 0. The van der Waals surface area contributed by atoms with Gasteiger partial charge in [-0.1, -0.05) is 29.7 Å². The number of anilines is 1. The maximum atomic E-state index is 13.7. The summed E-state index contributed by atoms with van der Waals surface area (Å²) in [7, 11) is 0. The number of thiocarbonyl (C=S) groups is 1. The molecule has 1 aromatic heterocycles. The topological polar surface area (TPSA) is 108 Å². The van der Waals surface area contributed by atoms with Crippen molar-refractivity contribution in [1.82, 2.24) is 19.9 Å². The number of nitriles is 1. The number of rotatable bonds is 8. The number of benzene rings is 1. The Hall–Kier alpha value is -2.87. The summed E-state index contributed by atoms with van der Waals surface area (Å²) in [5, 5.41) is 18.3. The molecular weight excluding hydrogens is 476 g/mol. The number of aromatic nitrogens is 3. The molecule has 1 saturated carbocycles. The van der Waals surface area contributed by atoms with Crippen molar-refractivity contribution in [2.75, 3.05) is 11.5 Å². The number of epoxide rings is 1. The maximum absolute atomic E-state index is 13.7. The zero-order valence-corrected chi connectivity index (χ0v) is 20.0. The highest BCUT2D eigenvalue weighted by Crippen LogP contribution is 2.44. The van der Waals surface area contributed by atoms with Crippen molar-refractivity contribution in [2.45, 2.75) is 63.3 Å². The van der Waals surface area contributed by atoms with Gasteiger partial charge in [0.1, 0.15) is 23.4 Å². The Kier molecular flexibility index (Phi) is 6.10.